The predicted molar refractivity (Wildman–Crippen MR) is 54.2 cm³/mol. The average Bonchev–Trinajstić information content (AvgIpc) is 2.07. The summed E-state index contributed by atoms with van der Waals surface area (Å²) in [5.74, 6) is 0. The van der Waals surface area contributed by atoms with Crippen LogP contribution in [0.5, 0.6) is 0 Å². The molecule has 0 aliphatic heterocycles. The largest absolute Gasteiger partial charge is 0.261 e. The summed E-state index contributed by atoms with van der Waals surface area (Å²) in [6.45, 7) is 2.02. The van der Waals surface area contributed by atoms with Crippen molar-refractivity contribution in [3.8, 4) is 0 Å². The molecule has 2 heteroatoms. The summed E-state index contributed by atoms with van der Waals surface area (Å²) in [6.07, 6.45) is 1.84. The normalized spacial score (nSPS) is 10.5. The molecule has 0 saturated heterocycles. The Morgan fingerprint density at radius 3 is 2.75 bits per heavy atom. The topological polar surface area (TPSA) is 12.9 Å². The summed E-state index contributed by atoms with van der Waals surface area (Å²) in [5, 5.41) is 2.44. The SMILES string of the molecule is Cc1nccc2c(Br)cccc12. The van der Waals surface area contributed by atoms with Crippen LogP contribution in [0.1, 0.15) is 5.69 Å². The van der Waals surface area contributed by atoms with E-state index in [1.165, 1.54) is 10.8 Å². The molecule has 0 saturated carbocycles. The minimum absolute atomic E-state index is 1.08. The number of pyridine rings is 1. The van der Waals surface area contributed by atoms with Crippen molar-refractivity contribution in [3.63, 3.8) is 0 Å². The van der Waals surface area contributed by atoms with E-state index >= 15 is 0 Å². The first-order chi connectivity index (χ1) is 5.79. The summed E-state index contributed by atoms with van der Waals surface area (Å²) in [7, 11) is 0. The number of rotatable bonds is 0. The molecule has 12 heavy (non-hydrogen) atoms. The van der Waals surface area contributed by atoms with Gasteiger partial charge in [-0.05, 0) is 24.4 Å². The number of aromatic nitrogens is 1. The quantitative estimate of drug-likeness (QED) is 0.666. The van der Waals surface area contributed by atoms with E-state index in [1.54, 1.807) is 0 Å². The molecule has 0 fully saturated rings. The third kappa shape index (κ3) is 1.12. The van der Waals surface area contributed by atoms with Gasteiger partial charge in [-0.15, -0.1) is 0 Å². The van der Waals surface area contributed by atoms with Gasteiger partial charge in [-0.2, -0.15) is 0 Å². The van der Waals surface area contributed by atoms with Gasteiger partial charge < -0.3 is 0 Å². The number of fused-ring (bicyclic) bond motifs is 1. The molecular formula is C10H8BrN. The van der Waals surface area contributed by atoms with Gasteiger partial charge in [0.25, 0.3) is 0 Å². The molecule has 0 aliphatic carbocycles. The van der Waals surface area contributed by atoms with Crippen molar-refractivity contribution in [1.29, 1.82) is 0 Å². The van der Waals surface area contributed by atoms with Gasteiger partial charge in [-0.1, -0.05) is 28.1 Å². The van der Waals surface area contributed by atoms with Gasteiger partial charge in [0.1, 0.15) is 0 Å². The molecule has 2 rings (SSSR count). The Balaban J connectivity index is 2.94. The molecular weight excluding hydrogens is 214 g/mol. The summed E-state index contributed by atoms with van der Waals surface area (Å²) < 4.78 is 1.13. The molecule has 0 amide bonds. The Morgan fingerprint density at radius 2 is 2.00 bits per heavy atom. The maximum atomic E-state index is 4.23. The monoisotopic (exact) mass is 221 g/mol. The highest BCUT2D eigenvalue weighted by molar-refractivity contribution is 9.10. The van der Waals surface area contributed by atoms with E-state index in [1.807, 2.05) is 31.3 Å². The fourth-order valence-electron chi connectivity index (χ4n) is 1.32. The zero-order valence-corrected chi connectivity index (χ0v) is 8.30. The predicted octanol–water partition coefficient (Wildman–Crippen LogP) is 3.31. The van der Waals surface area contributed by atoms with Crippen LogP contribution in [0.15, 0.2) is 34.9 Å². The third-order valence-corrected chi connectivity index (χ3v) is 2.64. The fraction of sp³-hybridized carbons (Fsp3) is 0.100. The zero-order valence-electron chi connectivity index (χ0n) is 6.71. The molecule has 0 N–H and O–H groups in total. The van der Waals surface area contributed by atoms with Crippen molar-refractivity contribution in [3.05, 3.63) is 40.6 Å². The Bertz CT molecular complexity index is 382. The van der Waals surface area contributed by atoms with Crippen LogP contribution in [0, 0.1) is 6.92 Å². The molecule has 0 atom stereocenters. The second-order valence-electron chi connectivity index (χ2n) is 2.73. The number of aryl methyl sites for hydroxylation is 1. The van der Waals surface area contributed by atoms with Gasteiger partial charge in [0.2, 0.25) is 0 Å². The van der Waals surface area contributed by atoms with E-state index in [0.717, 1.165) is 10.2 Å². The van der Waals surface area contributed by atoms with Gasteiger partial charge in [0.15, 0.2) is 0 Å². The van der Waals surface area contributed by atoms with Crippen molar-refractivity contribution >= 4 is 26.7 Å². The van der Waals surface area contributed by atoms with E-state index in [4.69, 9.17) is 0 Å². The zero-order chi connectivity index (χ0) is 8.55. The van der Waals surface area contributed by atoms with Crippen LogP contribution in [0.25, 0.3) is 10.8 Å². The van der Waals surface area contributed by atoms with Crippen LogP contribution in [0.3, 0.4) is 0 Å². The van der Waals surface area contributed by atoms with Crippen LogP contribution >= 0.6 is 15.9 Å². The van der Waals surface area contributed by atoms with E-state index in [9.17, 15) is 0 Å². The van der Waals surface area contributed by atoms with E-state index in [-0.39, 0.29) is 0 Å². The summed E-state index contributed by atoms with van der Waals surface area (Å²) in [6, 6.07) is 8.18. The lowest BCUT2D eigenvalue weighted by Gasteiger charge is -2.01. The molecule has 1 heterocycles. The second-order valence-corrected chi connectivity index (χ2v) is 3.59. The first-order valence-corrected chi connectivity index (χ1v) is 4.58. The van der Waals surface area contributed by atoms with Crippen LogP contribution in [-0.4, -0.2) is 4.98 Å². The number of nitrogens with zero attached hydrogens (tertiary/aromatic N) is 1. The molecule has 2 aromatic rings. The lowest BCUT2D eigenvalue weighted by atomic mass is 10.1. The second kappa shape index (κ2) is 2.87. The van der Waals surface area contributed by atoms with Crippen LogP contribution in [0.4, 0.5) is 0 Å². The lowest BCUT2D eigenvalue weighted by Crippen LogP contribution is -1.82. The Hall–Kier alpha value is -0.890. The first-order valence-electron chi connectivity index (χ1n) is 3.79. The smallest absolute Gasteiger partial charge is 0.0451 e. The Morgan fingerprint density at radius 1 is 1.17 bits per heavy atom. The van der Waals surface area contributed by atoms with Crippen molar-refractivity contribution in [2.45, 2.75) is 6.92 Å². The van der Waals surface area contributed by atoms with Crippen LogP contribution in [0.2, 0.25) is 0 Å². The molecule has 1 nitrogen and oxygen atoms in total. The minimum atomic E-state index is 1.08. The van der Waals surface area contributed by atoms with Crippen molar-refractivity contribution in [2.75, 3.05) is 0 Å². The van der Waals surface area contributed by atoms with Crippen molar-refractivity contribution in [2.24, 2.45) is 0 Å². The number of hydrogen-bond acceptors (Lipinski definition) is 1. The summed E-state index contributed by atoms with van der Waals surface area (Å²) in [4.78, 5) is 4.23. The number of benzene rings is 1. The minimum Gasteiger partial charge on any atom is -0.261 e. The average molecular weight is 222 g/mol. The molecule has 0 bridgehead atoms. The number of halogens is 1. The maximum Gasteiger partial charge on any atom is 0.0451 e. The molecule has 0 aliphatic rings. The van der Waals surface area contributed by atoms with E-state index in [2.05, 4.69) is 27.0 Å². The molecule has 1 aromatic heterocycles. The van der Waals surface area contributed by atoms with Gasteiger partial charge in [0, 0.05) is 21.7 Å². The molecule has 0 unspecified atom stereocenters. The van der Waals surface area contributed by atoms with Gasteiger partial charge in [-0.3, -0.25) is 4.98 Å². The van der Waals surface area contributed by atoms with Crippen LogP contribution < -0.4 is 0 Å². The van der Waals surface area contributed by atoms with Crippen molar-refractivity contribution < 1.29 is 0 Å². The standard InChI is InChI=1S/C10H8BrN/c1-7-8-3-2-4-10(11)9(8)5-6-12-7/h2-6H,1H3. The molecule has 1 aromatic carbocycles. The lowest BCUT2D eigenvalue weighted by molar-refractivity contribution is 1.23. The Kier molecular flexibility index (Phi) is 1.85. The fourth-order valence-corrected chi connectivity index (χ4v) is 1.81. The molecule has 0 spiro atoms. The highest BCUT2D eigenvalue weighted by Gasteiger charge is 1.99. The van der Waals surface area contributed by atoms with Crippen molar-refractivity contribution in [1.82, 2.24) is 4.98 Å². The highest BCUT2D eigenvalue weighted by Crippen LogP contribution is 2.24. The number of hydrogen-bond donors (Lipinski definition) is 0. The summed E-state index contributed by atoms with van der Waals surface area (Å²) in [5.41, 5.74) is 1.08. The maximum absolute atomic E-state index is 4.23. The molecule has 60 valence electrons. The summed E-state index contributed by atoms with van der Waals surface area (Å²) >= 11 is 3.50. The highest BCUT2D eigenvalue weighted by atomic mass is 79.9. The Labute approximate surface area is 79.6 Å². The van der Waals surface area contributed by atoms with E-state index < -0.39 is 0 Å². The molecule has 0 radical (unpaired) electrons. The van der Waals surface area contributed by atoms with E-state index in [0.29, 0.717) is 0 Å². The van der Waals surface area contributed by atoms with Gasteiger partial charge >= 0.3 is 0 Å². The third-order valence-electron chi connectivity index (χ3n) is 1.95. The van der Waals surface area contributed by atoms with Crippen LogP contribution in [-0.2, 0) is 0 Å². The first kappa shape index (κ1) is 7.74. The van der Waals surface area contributed by atoms with Gasteiger partial charge in [0.05, 0.1) is 0 Å². The van der Waals surface area contributed by atoms with Gasteiger partial charge in [-0.25, -0.2) is 0 Å².